The second-order valence-electron chi connectivity index (χ2n) is 4.57. The number of pyridine rings is 1. The number of carbonyl (C=O) groups excluding carboxylic acids is 1. The molecule has 1 heterocycles. The third-order valence-corrected chi connectivity index (χ3v) is 3.26. The molecule has 0 unspecified atom stereocenters. The summed E-state index contributed by atoms with van der Waals surface area (Å²) in [5, 5.41) is 0.930. The zero-order valence-corrected chi connectivity index (χ0v) is 10.7. The van der Waals surface area contributed by atoms with E-state index in [1.54, 1.807) is 24.4 Å². The Hall–Kier alpha value is -2.55. The van der Waals surface area contributed by atoms with Crippen LogP contribution in [0.15, 0.2) is 60.8 Å². The van der Waals surface area contributed by atoms with Gasteiger partial charge in [-0.3, -0.25) is 9.78 Å². The highest BCUT2D eigenvalue weighted by Crippen LogP contribution is 2.19. The highest BCUT2D eigenvalue weighted by molar-refractivity contribution is 5.99. The van der Waals surface area contributed by atoms with E-state index >= 15 is 0 Å². The van der Waals surface area contributed by atoms with E-state index in [4.69, 9.17) is 0 Å². The molecule has 0 radical (unpaired) electrons. The number of carbonyl (C=O) groups is 1. The maximum atomic E-state index is 13.6. The highest BCUT2D eigenvalue weighted by Gasteiger charge is 2.13. The second kappa shape index (κ2) is 5.21. The predicted molar refractivity (Wildman–Crippen MR) is 76.2 cm³/mol. The molecule has 0 fully saturated rings. The van der Waals surface area contributed by atoms with Gasteiger partial charge in [-0.25, -0.2) is 4.39 Å². The fourth-order valence-corrected chi connectivity index (χ4v) is 2.26. The number of ketones is 1. The van der Waals surface area contributed by atoms with Crippen LogP contribution >= 0.6 is 0 Å². The van der Waals surface area contributed by atoms with E-state index in [1.807, 2.05) is 24.3 Å². The minimum atomic E-state index is -0.476. The van der Waals surface area contributed by atoms with Gasteiger partial charge in [0.2, 0.25) is 0 Å². The number of halogens is 1. The Balaban J connectivity index is 1.98. The molecule has 0 spiro atoms. The summed E-state index contributed by atoms with van der Waals surface area (Å²) in [6.07, 6.45) is 1.84. The molecule has 0 aliphatic heterocycles. The Morgan fingerprint density at radius 2 is 1.75 bits per heavy atom. The van der Waals surface area contributed by atoms with Gasteiger partial charge in [0.15, 0.2) is 5.78 Å². The van der Waals surface area contributed by atoms with Crippen molar-refractivity contribution < 1.29 is 9.18 Å². The number of para-hydroxylation sites is 1. The SMILES string of the molecule is O=C(Cc1ccnc2ccccc12)c1ccccc1F. The monoisotopic (exact) mass is 265 g/mol. The second-order valence-corrected chi connectivity index (χ2v) is 4.57. The molecule has 20 heavy (non-hydrogen) atoms. The maximum absolute atomic E-state index is 13.6. The molecule has 0 aliphatic rings. The summed E-state index contributed by atoms with van der Waals surface area (Å²) in [6.45, 7) is 0. The van der Waals surface area contributed by atoms with Crippen molar-refractivity contribution in [3.05, 3.63) is 77.7 Å². The lowest BCUT2D eigenvalue weighted by Gasteiger charge is -2.06. The molecular formula is C17H12FNO. The normalized spacial score (nSPS) is 10.7. The summed E-state index contributed by atoms with van der Waals surface area (Å²) in [4.78, 5) is 16.5. The number of hydrogen-bond acceptors (Lipinski definition) is 2. The van der Waals surface area contributed by atoms with Crippen molar-refractivity contribution in [2.45, 2.75) is 6.42 Å². The first-order valence-electron chi connectivity index (χ1n) is 6.36. The molecule has 0 bridgehead atoms. The van der Waals surface area contributed by atoms with Gasteiger partial charge in [0.1, 0.15) is 5.82 Å². The Morgan fingerprint density at radius 1 is 1.00 bits per heavy atom. The van der Waals surface area contributed by atoms with Crippen molar-refractivity contribution in [2.24, 2.45) is 0 Å². The van der Waals surface area contributed by atoms with Crippen LogP contribution in [0.5, 0.6) is 0 Å². The summed E-state index contributed by atoms with van der Waals surface area (Å²) in [7, 11) is 0. The maximum Gasteiger partial charge on any atom is 0.170 e. The van der Waals surface area contributed by atoms with Gasteiger partial charge in [-0.2, -0.15) is 0 Å². The van der Waals surface area contributed by atoms with Crippen LogP contribution in [-0.2, 0) is 6.42 Å². The van der Waals surface area contributed by atoms with E-state index in [2.05, 4.69) is 4.98 Å². The zero-order valence-electron chi connectivity index (χ0n) is 10.7. The third kappa shape index (κ3) is 2.30. The lowest BCUT2D eigenvalue weighted by molar-refractivity contribution is 0.0989. The number of hydrogen-bond donors (Lipinski definition) is 0. The molecule has 2 nitrogen and oxygen atoms in total. The van der Waals surface area contributed by atoms with Crippen LogP contribution in [0.2, 0.25) is 0 Å². The minimum Gasteiger partial charge on any atom is -0.294 e. The van der Waals surface area contributed by atoms with Crippen molar-refractivity contribution in [1.82, 2.24) is 4.98 Å². The Labute approximate surface area is 115 Å². The van der Waals surface area contributed by atoms with Gasteiger partial charge in [-0.1, -0.05) is 30.3 Å². The van der Waals surface area contributed by atoms with Crippen LogP contribution in [0.4, 0.5) is 4.39 Å². The molecule has 0 atom stereocenters. The summed E-state index contributed by atoms with van der Waals surface area (Å²) in [5.41, 5.74) is 1.84. The average molecular weight is 265 g/mol. The zero-order chi connectivity index (χ0) is 13.9. The van der Waals surface area contributed by atoms with Crippen molar-refractivity contribution in [1.29, 1.82) is 0 Å². The van der Waals surface area contributed by atoms with E-state index in [0.29, 0.717) is 0 Å². The molecule has 0 N–H and O–H groups in total. The third-order valence-electron chi connectivity index (χ3n) is 3.26. The summed E-state index contributed by atoms with van der Waals surface area (Å²) >= 11 is 0. The first-order chi connectivity index (χ1) is 9.75. The molecule has 0 saturated heterocycles. The minimum absolute atomic E-state index is 0.133. The number of rotatable bonds is 3. The van der Waals surface area contributed by atoms with E-state index in [-0.39, 0.29) is 17.8 Å². The van der Waals surface area contributed by atoms with Gasteiger partial charge >= 0.3 is 0 Å². The van der Waals surface area contributed by atoms with Gasteiger partial charge in [-0.15, -0.1) is 0 Å². The molecule has 3 rings (SSSR count). The van der Waals surface area contributed by atoms with Crippen molar-refractivity contribution in [3.63, 3.8) is 0 Å². The average Bonchev–Trinajstić information content (AvgIpc) is 2.48. The van der Waals surface area contributed by atoms with Crippen LogP contribution in [0.1, 0.15) is 15.9 Å². The molecular weight excluding hydrogens is 253 g/mol. The predicted octanol–water partition coefficient (Wildman–Crippen LogP) is 3.80. The quantitative estimate of drug-likeness (QED) is 0.674. The number of benzene rings is 2. The first-order valence-corrected chi connectivity index (χ1v) is 6.36. The summed E-state index contributed by atoms with van der Waals surface area (Å²) in [6, 6.07) is 15.5. The summed E-state index contributed by atoms with van der Waals surface area (Å²) < 4.78 is 13.6. The molecule has 3 aromatic rings. The fourth-order valence-electron chi connectivity index (χ4n) is 2.26. The summed E-state index contributed by atoms with van der Waals surface area (Å²) in [5.74, 6) is -0.699. The first kappa shape index (κ1) is 12.5. The molecule has 0 aliphatic carbocycles. The topological polar surface area (TPSA) is 30.0 Å². The van der Waals surface area contributed by atoms with Crippen LogP contribution in [0.3, 0.4) is 0 Å². The van der Waals surface area contributed by atoms with E-state index < -0.39 is 5.82 Å². The number of fused-ring (bicyclic) bond motifs is 1. The van der Waals surface area contributed by atoms with E-state index in [9.17, 15) is 9.18 Å². The number of nitrogens with zero attached hydrogens (tertiary/aromatic N) is 1. The number of aromatic nitrogens is 1. The van der Waals surface area contributed by atoms with Crippen LogP contribution in [0.25, 0.3) is 10.9 Å². The van der Waals surface area contributed by atoms with Crippen LogP contribution in [-0.4, -0.2) is 10.8 Å². The molecule has 3 heteroatoms. The van der Waals surface area contributed by atoms with Crippen molar-refractivity contribution in [2.75, 3.05) is 0 Å². The highest BCUT2D eigenvalue weighted by atomic mass is 19.1. The van der Waals surface area contributed by atoms with Crippen LogP contribution < -0.4 is 0 Å². The lowest BCUT2D eigenvalue weighted by atomic mass is 10.00. The fraction of sp³-hybridized carbons (Fsp3) is 0.0588. The molecule has 98 valence electrons. The van der Waals surface area contributed by atoms with Gasteiger partial charge in [0.05, 0.1) is 11.1 Å². The Kier molecular flexibility index (Phi) is 3.25. The Morgan fingerprint density at radius 3 is 2.60 bits per heavy atom. The standard InChI is InChI=1S/C17H12FNO/c18-15-7-3-1-6-14(15)17(20)11-12-9-10-19-16-8-4-2-5-13(12)16/h1-10H,11H2. The lowest BCUT2D eigenvalue weighted by Crippen LogP contribution is -2.06. The molecule has 1 aromatic heterocycles. The Bertz CT molecular complexity index is 777. The van der Waals surface area contributed by atoms with Crippen molar-refractivity contribution in [3.8, 4) is 0 Å². The smallest absolute Gasteiger partial charge is 0.170 e. The van der Waals surface area contributed by atoms with Gasteiger partial charge in [0.25, 0.3) is 0 Å². The van der Waals surface area contributed by atoms with Crippen molar-refractivity contribution >= 4 is 16.7 Å². The molecule has 0 saturated carbocycles. The van der Waals surface area contributed by atoms with E-state index in [1.165, 1.54) is 12.1 Å². The largest absolute Gasteiger partial charge is 0.294 e. The van der Waals surface area contributed by atoms with Crippen LogP contribution in [0, 0.1) is 5.82 Å². The number of Topliss-reactive ketones (excluding diaryl/α,β-unsaturated/α-hetero) is 1. The molecule has 0 amide bonds. The van der Waals surface area contributed by atoms with E-state index in [0.717, 1.165) is 16.5 Å². The van der Waals surface area contributed by atoms with Gasteiger partial charge < -0.3 is 0 Å². The van der Waals surface area contributed by atoms with Gasteiger partial charge in [-0.05, 0) is 29.8 Å². The van der Waals surface area contributed by atoms with Gasteiger partial charge in [0, 0.05) is 18.0 Å². The molecule has 2 aromatic carbocycles.